The minimum absolute atomic E-state index is 0.100. The van der Waals surface area contributed by atoms with E-state index in [1.54, 1.807) is 31.4 Å². The summed E-state index contributed by atoms with van der Waals surface area (Å²) in [6.07, 6.45) is 10.4. The van der Waals surface area contributed by atoms with Crippen LogP contribution >= 0.6 is 0 Å². The van der Waals surface area contributed by atoms with Gasteiger partial charge in [-0.05, 0) is 109 Å². The number of ether oxygens (including phenoxy) is 1. The molecular weight excluding hydrogens is 396 g/mol. The Bertz CT molecular complexity index is 1110. The molecular formula is C29H32O3. The van der Waals surface area contributed by atoms with E-state index in [1.165, 1.54) is 48.8 Å². The molecule has 2 saturated carbocycles. The second-order valence-electron chi connectivity index (χ2n) is 10.1. The predicted octanol–water partition coefficient (Wildman–Crippen LogP) is 6.71. The van der Waals surface area contributed by atoms with Crippen molar-refractivity contribution in [3.05, 3.63) is 76.9 Å². The van der Waals surface area contributed by atoms with Gasteiger partial charge in [0, 0.05) is 11.1 Å². The van der Waals surface area contributed by atoms with Crippen LogP contribution in [-0.2, 0) is 6.42 Å². The Kier molecular flexibility index (Phi) is 5.23. The quantitative estimate of drug-likeness (QED) is 0.334. The number of methoxy groups -OCH3 is 1. The molecule has 32 heavy (non-hydrogen) atoms. The molecule has 0 aromatic heterocycles. The van der Waals surface area contributed by atoms with E-state index in [0.717, 1.165) is 17.9 Å². The number of carbonyl (C=O) groups excluding carboxylic acids is 1. The van der Waals surface area contributed by atoms with Crippen LogP contribution in [-0.4, -0.2) is 18.0 Å². The zero-order valence-corrected chi connectivity index (χ0v) is 19.1. The number of hydrogen-bond acceptors (Lipinski definition) is 3. The average Bonchev–Trinajstić information content (AvgIpc) is 3.11. The van der Waals surface area contributed by atoms with Crippen LogP contribution in [0.5, 0.6) is 11.5 Å². The second kappa shape index (κ2) is 7.95. The molecule has 3 nitrogen and oxygen atoms in total. The van der Waals surface area contributed by atoms with Crippen molar-refractivity contribution in [2.45, 2.75) is 51.4 Å². The number of phenolic OH excluding ortho intramolecular Hbond substituents is 1. The van der Waals surface area contributed by atoms with Crippen LogP contribution in [0.25, 0.3) is 6.08 Å². The number of hydrogen-bond donors (Lipinski definition) is 1. The number of benzene rings is 2. The van der Waals surface area contributed by atoms with E-state index >= 15 is 0 Å². The van der Waals surface area contributed by atoms with Crippen molar-refractivity contribution in [3.63, 3.8) is 0 Å². The van der Waals surface area contributed by atoms with E-state index in [-0.39, 0.29) is 11.5 Å². The first-order valence-electron chi connectivity index (χ1n) is 11.8. The molecule has 2 aromatic rings. The molecule has 5 rings (SSSR count). The van der Waals surface area contributed by atoms with E-state index in [2.05, 4.69) is 19.6 Å². The van der Waals surface area contributed by atoms with Gasteiger partial charge in [-0.15, -0.1) is 0 Å². The van der Waals surface area contributed by atoms with E-state index in [1.807, 2.05) is 18.2 Å². The van der Waals surface area contributed by atoms with Gasteiger partial charge in [-0.1, -0.05) is 31.2 Å². The molecule has 2 aromatic carbocycles. The summed E-state index contributed by atoms with van der Waals surface area (Å²) < 4.78 is 5.22. The third kappa shape index (κ3) is 3.39. The number of phenols is 1. The van der Waals surface area contributed by atoms with Gasteiger partial charge < -0.3 is 9.84 Å². The van der Waals surface area contributed by atoms with Crippen molar-refractivity contribution in [1.82, 2.24) is 0 Å². The fraction of sp³-hybridized carbons (Fsp3) is 0.414. The highest BCUT2D eigenvalue weighted by molar-refractivity contribution is 6.07. The first-order valence-corrected chi connectivity index (χ1v) is 11.8. The Labute approximate surface area is 190 Å². The first-order chi connectivity index (χ1) is 15.4. The standard InChI is InChI=1S/C29H32O3/c1-18-7-11-26-24-10-8-19-17-28(31)21(16-25(19)23(24)13-14-29(18,26)2)9-12-27(30)20-5-4-6-22(15-20)32-3/h4-6,9,12,15-17,23-24,26,31H,1,7-8,10-11,13-14H2,2-3H3/b12-9+/t23-,24+,26-,29+/m0/s1. The van der Waals surface area contributed by atoms with E-state index in [0.29, 0.717) is 28.6 Å². The maximum absolute atomic E-state index is 12.7. The molecule has 3 heteroatoms. The minimum atomic E-state index is -0.100. The first kappa shape index (κ1) is 21.1. The van der Waals surface area contributed by atoms with Crippen LogP contribution in [0.2, 0.25) is 0 Å². The lowest BCUT2D eigenvalue weighted by Gasteiger charge is -2.49. The van der Waals surface area contributed by atoms with Crippen molar-refractivity contribution in [1.29, 1.82) is 0 Å². The lowest BCUT2D eigenvalue weighted by atomic mass is 9.55. The molecule has 3 aliphatic carbocycles. The predicted molar refractivity (Wildman–Crippen MR) is 128 cm³/mol. The van der Waals surface area contributed by atoms with Crippen molar-refractivity contribution in [3.8, 4) is 11.5 Å². The molecule has 0 aliphatic heterocycles. The molecule has 0 unspecified atom stereocenters. The lowest BCUT2D eigenvalue weighted by Crippen LogP contribution is -2.40. The Hall–Kier alpha value is -2.81. The molecule has 3 aliphatic rings. The van der Waals surface area contributed by atoms with Gasteiger partial charge in [0.2, 0.25) is 0 Å². The summed E-state index contributed by atoms with van der Waals surface area (Å²) in [5.41, 5.74) is 5.72. The SMILES string of the molecule is C=C1CC[C@H]2[C@@H]3CCc4cc(O)c(/C=C/C(=O)c5cccc(OC)c5)cc4[C@H]3CC[C@]12C. The Morgan fingerprint density at radius 3 is 2.84 bits per heavy atom. The van der Waals surface area contributed by atoms with Gasteiger partial charge in [0.25, 0.3) is 0 Å². The number of allylic oxidation sites excluding steroid dienone is 2. The molecule has 0 heterocycles. The number of rotatable bonds is 4. The van der Waals surface area contributed by atoms with Crippen LogP contribution in [0.15, 0.2) is 54.6 Å². The van der Waals surface area contributed by atoms with Gasteiger partial charge in [0.15, 0.2) is 5.78 Å². The summed E-state index contributed by atoms with van der Waals surface area (Å²) in [6.45, 7) is 6.85. The highest BCUT2D eigenvalue weighted by atomic mass is 16.5. The fourth-order valence-corrected chi connectivity index (χ4v) is 6.70. The smallest absolute Gasteiger partial charge is 0.185 e. The van der Waals surface area contributed by atoms with Crippen molar-refractivity contribution < 1.29 is 14.6 Å². The summed E-state index contributed by atoms with van der Waals surface area (Å²) in [5.74, 6) is 2.78. The number of aromatic hydroxyl groups is 1. The summed E-state index contributed by atoms with van der Waals surface area (Å²) in [4.78, 5) is 12.7. The van der Waals surface area contributed by atoms with Crippen molar-refractivity contribution >= 4 is 11.9 Å². The van der Waals surface area contributed by atoms with Gasteiger partial charge >= 0.3 is 0 Å². The van der Waals surface area contributed by atoms with Gasteiger partial charge in [0.1, 0.15) is 11.5 Å². The summed E-state index contributed by atoms with van der Waals surface area (Å²) in [6, 6.07) is 11.2. The summed E-state index contributed by atoms with van der Waals surface area (Å²) in [7, 11) is 1.59. The third-order valence-corrected chi connectivity index (χ3v) is 8.60. The van der Waals surface area contributed by atoms with Crippen LogP contribution in [0.1, 0.15) is 72.0 Å². The molecule has 4 atom stereocenters. The number of fused-ring (bicyclic) bond motifs is 5. The number of aryl methyl sites for hydroxylation is 1. The van der Waals surface area contributed by atoms with E-state index in [9.17, 15) is 9.90 Å². The zero-order valence-electron chi connectivity index (χ0n) is 19.1. The van der Waals surface area contributed by atoms with Crippen molar-refractivity contribution in [2.24, 2.45) is 17.3 Å². The van der Waals surface area contributed by atoms with Crippen molar-refractivity contribution in [2.75, 3.05) is 7.11 Å². The van der Waals surface area contributed by atoms with Gasteiger partial charge in [0.05, 0.1) is 7.11 Å². The van der Waals surface area contributed by atoms with Crippen LogP contribution in [0, 0.1) is 17.3 Å². The lowest BCUT2D eigenvalue weighted by molar-refractivity contribution is 0.0816. The molecule has 0 radical (unpaired) electrons. The molecule has 0 bridgehead atoms. The highest BCUT2D eigenvalue weighted by Crippen LogP contribution is 2.62. The Balaban J connectivity index is 1.42. The fourth-order valence-electron chi connectivity index (χ4n) is 6.70. The topological polar surface area (TPSA) is 46.5 Å². The van der Waals surface area contributed by atoms with Gasteiger partial charge in [-0.2, -0.15) is 0 Å². The number of carbonyl (C=O) groups is 1. The van der Waals surface area contributed by atoms with E-state index < -0.39 is 0 Å². The maximum Gasteiger partial charge on any atom is 0.185 e. The average molecular weight is 429 g/mol. The van der Waals surface area contributed by atoms with Crippen LogP contribution in [0.4, 0.5) is 0 Å². The maximum atomic E-state index is 12.7. The molecule has 2 fully saturated rings. The molecule has 1 N–H and O–H groups in total. The number of ketones is 1. The van der Waals surface area contributed by atoms with Gasteiger partial charge in [-0.3, -0.25) is 4.79 Å². The molecule has 0 amide bonds. The summed E-state index contributed by atoms with van der Waals surface area (Å²) in [5, 5.41) is 10.7. The Morgan fingerprint density at radius 2 is 2.03 bits per heavy atom. The third-order valence-electron chi connectivity index (χ3n) is 8.60. The molecule has 166 valence electrons. The normalized spacial score (nSPS) is 28.8. The minimum Gasteiger partial charge on any atom is -0.507 e. The van der Waals surface area contributed by atoms with Crippen LogP contribution < -0.4 is 4.74 Å². The monoisotopic (exact) mass is 428 g/mol. The second-order valence-corrected chi connectivity index (χ2v) is 10.1. The zero-order chi connectivity index (χ0) is 22.5. The highest BCUT2D eigenvalue weighted by Gasteiger charge is 2.51. The largest absolute Gasteiger partial charge is 0.507 e. The van der Waals surface area contributed by atoms with E-state index in [4.69, 9.17) is 4.74 Å². The molecule has 0 spiro atoms. The molecule has 0 saturated heterocycles. The summed E-state index contributed by atoms with van der Waals surface area (Å²) >= 11 is 0. The van der Waals surface area contributed by atoms with Gasteiger partial charge in [-0.25, -0.2) is 0 Å². The van der Waals surface area contributed by atoms with Crippen LogP contribution in [0.3, 0.4) is 0 Å². The Morgan fingerprint density at radius 1 is 1.19 bits per heavy atom.